The first-order valence-corrected chi connectivity index (χ1v) is 6.62. The summed E-state index contributed by atoms with van der Waals surface area (Å²) in [6, 6.07) is 1.87. The highest BCUT2D eigenvalue weighted by Gasteiger charge is 2.31. The van der Waals surface area contributed by atoms with Gasteiger partial charge in [0.15, 0.2) is 5.65 Å². The number of hydrogen-bond acceptors (Lipinski definition) is 3. The second-order valence-electron chi connectivity index (χ2n) is 5.82. The minimum atomic E-state index is -0.279. The second kappa shape index (κ2) is 3.93. The molecule has 0 saturated heterocycles. The van der Waals surface area contributed by atoms with E-state index < -0.39 is 0 Å². The first-order valence-electron chi connectivity index (χ1n) is 6.24. The van der Waals surface area contributed by atoms with Crippen LogP contribution in [-0.2, 0) is 6.54 Å². The summed E-state index contributed by atoms with van der Waals surface area (Å²) in [7, 11) is 0. The molecular weight excluding hydrogens is 248 g/mol. The number of hydrogen-bond donors (Lipinski definition) is 1. The highest BCUT2D eigenvalue weighted by atomic mass is 35.5. The zero-order valence-corrected chi connectivity index (χ0v) is 11.4. The monoisotopic (exact) mass is 264 g/mol. The topological polar surface area (TPSA) is 56.7 Å². The number of fused-ring (bicyclic) bond motifs is 1. The van der Waals surface area contributed by atoms with Crippen LogP contribution in [0.4, 0.5) is 0 Å². The van der Waals surface area contributed by atoms with Gasteiger partial charge in [0.2, 0.25) is 0 Å². The maximum Gasteiger partial charge on any atom is 0.160 e. The van der Waals surface area contributed by atoms with Crippen LogP contribution in [0.3, 0.4) is 0 Å². The molecular formula is C13H17ClN4. The third kappa shape index (κ3) is 2.22. The van der Waals surface area contributed by atoms with E-state index in [0.29, 0.717) is 10.9 Å². The van der Waals surface area contributed by atoms with Crippen LogP contribution in [0.15, 0.2) is 12.3 Å². The lowest BCUT2D eigenvalue weighted by atomic mass is 10.1. The first-order chi connectivity index (χ1) is 8.44. The van der Waals surface area contributed by atoms with E-state index in [1.165, 1.54) is 12.8 Å². The summed E-state index contributed by atoms with van der Waals surface area (Å²) in [4.78, 5) is 9.09. The van der Waals surface area contributed by atoms with Crippen LogP contribution in [0.2, 0.25) is 5.02 Å². The largest absolute Gasteiger partial charge is 0.324 e. The van der Waals surface area contributed by atoms with Crippen molar-refractivity contribution in [2.75, 3.05) is 0 Å². The fourth-order valence-electron chi connectivity index (χ4n) is 2.22. The summed E-state index contributed by atoms with van der Waals surface area (Å²) in [5, 5.41) is 0.626. The van der Waals surface area contributed by atoms with Crippen molar-refractivity contribution in [1.82, 2.24) is 14.5 Å². The average Bonchev–Trinajstić information content (AvgIpc) is 3.02. The van der Waals surface area contributed by atoms with Gasteiger partial charge in [0.1, 0.15) is 11.3 Å². The Balaban J connectivity index is 2.15. The van der Waals surface area contributed by atoms with E-state index in [1.807, 2.05) is 19.9 Å². The van der Waals surface area contributed by atoms with Gasteiger partial charge in [-0.1, -0.05) is 11.6 Å². The van der Waals surface area contributed by atoms with Crippen molar-refractivity contribution in [2.45, 2.75) is 44.7 Å². The zero-order chi connectivity index (χ0) is 12.9. The molecule has 0 spiro atoms. The van der Waals surface area contributed by atoms with E-state index in [1.54, 1.807) is 6.20 Å². The Labute approximate surface area is 111 Å². The summed E-state index contributed by atoms with van der Waals surface area (Å²) in [5.41, 5.74) is 7.61. The molecule has 2 N–H and O–H groups in total. The van der Waals surface area contributed by atoms with Gasteiger partial charge in [0.25, 0.3) is 0 Å². The van der Waals surface area contributed by atoms with Gasteiger partial charge >= 0.3 is 0 Å². The van der Waals surface area contributed by atoms with Crippen molar-refractivity contribution >= 4 is 22.8 Å². The van der Waals surface area contributed by atoms with Crippen LogP contribution in [0.5, 0.6) is 0 Å². The van der Waals surface area contributed by atoms with Gasteiger partial charge in [-0.15, -0.1) is 0 Å². The maximum atomic E-state index is 6.13. The van der Waals surface area contributed by atoms with Gasteiger partial charge in [0.05, 0.1) is 5.02 Å². The average molecular weight is 265 g/mol. The molecule has 0 aromatic carbocycles. The molecule has 0 atom stereocenters. The Kier molecular flexibility index (Phi) is 2.61. The fourth-order valence-corrected chi connectivity index (χ4v) is 2.37. The molecule has 0 radical (unpaired) electrons. The molecule has 0 bridgehead atoms. The molecule has 96 valence electrons. The lowest BCUT2D eigenvalue weighted by Crippen LogP contribution is -2.37. The van der Waals surface area contributed by atoms with Crippen LogP contribution < -0.4 is 5.73 Å². The SMILES string of the molecule is CC(C)(N)Cn1c(C2CC2)nc2cc(Cl)cnc21. The number of aromatic nitrogens is 3. The van der Waals surface area contributed by atoms with E-state index in [2.05, 4.69) is 14.5 Å². The predicted molar refractivity (Wildman–Crippen MR) is 72.8 cm³/mol. The lowest BCUT2D eigenvalue weighted by molar-refractivity contribution is 0.430. The normalized spacial score (nSPS) is 16.4. The number of imidazole rings is 1. The molecule has 4 nitrogen and oxygen atoms in total. The van der Waals surface area contributed by atoms with E-state index in [0.717, 1.165) is 23.5 Å². The van der Waals surface area contributed by atoms with Gasteiger partial charge in [-0.05, 0) is 32.8 Å². The molecule has 0 aliphatic heterocycles. The summed E-state index contributed by atoms with van der Waals surface area (Å²) >= 11 is 5.97. The van der Waals surface area contributed by atoms with Crippen molar-refractivity contribution in [2.24, 2.45) is 5.73 Å². The standard InChI is InChI=1S/C13H17ClN4/c1-13(2,15)7-18-11(8-3-4-8)17-10-5-9(14)6-16-12(10)18/h5-6,8H,3-4,7,15H2,1-2H3. The second-order valence-corrected chi connectivity index (χ2v) is 6.25. The smallest absolute Gasteiger partial charge is 0.160 e. The Morgan fingerprint density at radius 1 is 1.50 bits per heavy atom. The summed E-state index contributed by atoms with van der Waals surface area (Å²) < 4.78 is 2.16. The van der Waals surface area contributed by atoms with Crippen molar-refractivity contribution in [1.29, 1.82) is 0 Å². The number of rotatable bonds is 3. The molecule has 18 heavy (non-hydrogen) atoms. The van der Waals surface area contributed by atoms with E-state index in [-0.39, 0.29) is 5.54 Å². The Bertz CT molecular complexity index is 593. The van der Waals surface area contributed by atoms with Gasteiger partial charge in [-0.3, -0.25) is 0 Å². The Morgan fingerprint density at radius 3 is 2.83 bits per heavy atom. The van der Waals surface area contributed by atoms with Gasteiger partial charge in [-0.2, -0.15) is 0 Å². The molecule has 2 heterocycles. The van der Waals surface area contributed by atoms with E-state index in [9.17, 15) is 0 Å². The molecule has 1 fully saturated rings. The minimum absolute atomic E-state index is 0.279. The fraction of sp³-hybridized carbons (Fsp3) is 0.538. The van der Waals surface area contributed by atoms with Crippen molar-refractivity contribution in [3.63, 3.8) is 0 Å². The summed E-state index contributed by atoms with van der Waals surface area (Å²) in [5.74, 6) is 1.68. The van der Waals surface area contributed by atoms with Gasteiger partial charge in [-0.25, -0.2) is 9.97 Å². The zero-order valence-electron chi connectivity index (χ0n) is 10.7. The maximum absolute atomic E-state index is 6.13. The van der Waals surface area contributed by atoms with Gasteiger partial charge in [0, 0.05) is 24.2 Å². The summed E-state index contributed by atoms with van der Waals surface area (Å²) in [6.45, 7) is 4.76. The van der Waals surface area contributed by atoms with Gasteiger partial charge < -0.3 is 10.3 Å². The van der Waals surface area contributed by atoms with Crippen molar-refractivity contribution in [3.8, 4) is 0 Å². The number of nitrogens with two attached hydrogens (primary N) is 1. The van der Waals surface area contributed by atoms with E-state index >= 15 is 0 Å². The molecule has 5 heteroatoms. The van der Waals surface area contributed by atoms with Crippen LogP contribution >= 0.6 is 11.6 Å². The number of pyridine rings is 1. The van der Waals surface area contributed by atoms with Crippen LogP contribution in [0.25, 0.3) is 11.2 Å². The number of halogens is 1. The minimum Gasteiger partial charge on any atom is -0.324 e. The van der Waals surface area contributed by atoms with E-state index in [4.69, 9.17) is 17.3 Å². The van der Waals surface area contributed by atoms with Crippen LogP contribution in [0, 0.1) is 0 Å². The molecule has 3 rings (SSSR count). The van der Waals surface area contributed by atoms with Crippen LogP contribution in [-0.4, -0.2) is 20.1 Å². The Hall–Kier alpha value is -1.13. The quantitative estimate of drug-likeness (QED) is 0.927. The van der Waals surface area contributed by atoms with Crippen molar-refractivity contribution < 1.29 is 0 Å². The molecule has 2 aromatic heterocycles. The molecule has 0 amide bonds. The molecule has 2 aromatic rings. The molecule has 1 aliphatic carbocycles. The van der Waals surface area contributed by atoms with Crippen LogP contribution in [0.1, 0.15) is 38.4 Å². The molecule has 1 aliphatic rings. The van der Waals surface area contributed by atoms with Crippen molar-refractivity contribution in [3.05, 3.63) is 23.1 Å². The first kappa shape index (κ1) is 11.9. The third-order valence-corrected chi connectivity index (χ3v) is 3.30. The predicted octanol–water partition coefficient (Wildman–Crippen LogP) is 2.70. The highest BCUT2D eigenvalue weighted by molar-refractivity contribution is 6.31. The highest BCUT2D eigenvalue weighted by Crippen LogP contribution is 2.40. The lowest BCUT2D eigenvalue weighted by Gasteiger charge is -2.20. The third-order valence-electron chi connectivity index (χ3n) is 3.09. The molecule has 0 unspecified atom stereocenters. The molecule has 1 saturated carbocycles. The number of nitrogens with zero attached hydrogens (tertiary/aromatic N) is 3. The summed E-state index contributed by atoms with van der Waals surface area (Å²) in [6.07, 6.45) is 4.09. The Morgan fingerprint density at radius 2 is 2.22 bits per heavy atom.